The fraction of sp³-hybridized carbons (Fsp3) is 0.158. The number of carboxylic acid groups (broad SMARTS) is 1. The Balaban J connectivity index is 0.000000423. The Hall–Kier alpha value is -2.82. The van der Waals surface area contributed by atoms with Crippen LogP contribution in [0.5, 0.6) is 5.75 Å². The van der Waals surface area contributed by atoms with Crippen LogP contribution in [0.15, 0.2) is 41.2 Å². The fourth-order valence-corrected chi connectivity index (χ4v) is 2.74. The number of aromatic nitrogens is 1. The first kappa shape index (κ1) is 24.4. The molecular weight excluding hydrogens is 467 g/mol. The quantitative estimate of drug-likeness (QED) is 0.472. The van der Waals surface area contributed by atoms with E-state index in [0.717, 1.165) is 0 Å². The van der Waals surface area contributed by atoms with E-state index in [1.165, 1.54) is 18.2 Å². The summed E-state index contributed by atoms with van der Waals surface area (Å²) in [6.45, 7) is 0.537. The van der Waals surface area contributed by atoms with Crippen molar-refractivity contribution in [2.75, 3.05) is 13.2 Å². The number of aromatic amines is 1. The van der Waals surface area contributed by atoms with Gasteiger partial charge in [-0.25, -0.2) is 9.18 Å². The van der Waals surface area contributed by atoms with Crippen LogP contribution in [0.1, 0.15) is 0 Å². The second kappa shape index (κ2) is 9.99. The summed E-state index contributed by atoms with van der Waals surface area (Å²) in [5.74, 6) is -2.85. The lowest BCUT2D eigenvalue weighted by atomic mass is 10.1. The lowest BCUT2D eigenvalue weighted by molar-refractivity contribution is -0.192. The molecule has 0 fully saturated rings. The second-order valence-corrected chi connectivity index (χ2v) is 6.73. The van der Waals surface area contributed by atoms with Crippen LogP contribution < -0.4 is 16.0 Å². The van der Waals surface area contributed by atoms with Crippen LogP contribution in [0.4, 0.5) is 17.6 Å². The average molecular weight is 481 g/mol. The standard InChI is InChI=1S/C17H13Cl2FN2O2.C2HF3O2/c18-13-4-1-9(7-14(13)19)15-16(24-6-5-21)11-3-2-10(20)8-12(11)17(23)22-15;3-2(4,5)1(6)7/h1-4,7-8H,5-6,21H2,(H,22,23);(H,6,7). The minimum Gasteiger partial charge on any atom is -0.489 e. The number of nitrogens with two attached hydrogens (primary N) is 1. The zero-order valence-corrected chi connectivity index (χ0v) is 16.9. The molecule has 12 heteroatoms. The topological polar surface area (TPSA) is 105 Å². The van der Waals surface area contributed by atoms with Crippen molar-refractivity contribution >= 4 is 39.9 Å². The molecule has 166 valence electrons. The van der Waals surface area contributed by atoms with E-state index < -0.39 is 23.5 Å². The van der Waals surface area contributed by atoms with Gasteiger partial charge in [-0.15, -0.1) is 0 Å². The summed E-state index contributed by atoms with van der Waals surface area (Å²) in [7, 11) is 0. The van der Waals surface area contributed by atoms with Crippen LogP contribution in [-0.4, -0.2) is 35.4 Å². The first-order chi connectivity index (χ1) is 14.5. The maximum absolute atomic E-state index is 13.5. The van der Waals surface area contributed by atoms with Crippen molar-refractivity contribution in [2.45, 2.75) is 6.18 Å². The molecule has 4 N–H and O–H groups in total. The van der Waals surface area contributed by atoms with Gasteiger partial charge in [0, 0.05) is 17.5 Å². The third-order valence-corrected chi connectivity index (χ3v) is 4.49. The summed E-state index contributed by atoms with van der Waals surface area (Å²) in [5.41, 5.74) is 6.15. The maximum atomic E-state index is 13.5. The zero-order valence-electron chi connectivity index (χ0n) is 15.4. The molecule has 0 unspecified atom stereocenters. The van der Waals surface area contributed by atoms with E-state index in [0.29, 0.717) is 39.0 Å². The number of carbonyl (C=O) groups is 1. The highest BCUT2D eigenvalue weighted by atomic mass is 35.5. The Morgan fingerprint density at radius 3 is 2.29 bits per heavy atom. The predicted octanol–water partition coefficient (Wildman–Crippen LogP) is 4.61. The normalized spacial score (nSPS) is 11.1. The van der Waals surface area contributed by atoms with Crippen LogP contribution in [-0.2, 0) is 4.79 Å². The molecular formula is C19H14Cl2F4N2O4. The lowest BCUT2D eigenvalue weighted by Crippen LogP contribution is -2.21. The predicted molar refractivity (Wildman–Crippen MR) is 108 cm³/mol. The molecule has 0 radical (unpaired) electrons. The molecule has 0 amide bonds. The fourth-order valence-electron chi connectivity index (χ4n) is 2.44. The number of benzene rings is 2. The highest BCUT2D eigenvalue weighted by molar-refractivity contribution is 6.42. The van der Waals surface area contributed by atoms with E-state index in [9.17, 15) is 22.4 Å². The Bertz CT molecular complexity index is 1170. The number of nitrogens with one attached hydrogen (secondary N) is 1. The van der Waals surface area contributed by atoms with Crippen molar-refractivity contribution < 1.29 is 32.2 Å². The third-order valence-electron chi connectivity index (χ3n) is 3.75. The molecule has 0 spiro atoms. The molecule has 6 nitrogen and oxygen atoms in total. The number of halogens is 6. The summed E-state index contributed by atoms with van der Waals surface area (Å²) < 4.78 is 50.9. The van der Waals surface area contributed by atoms with Gasteiger partial charge in [-0.05, 0) is 30.3 Å². The van der Waals surface area contributed by atoms with Crippen molar-refractivity contribution in [2.24, 2.45) is 5.73 Å². The van der Waals surface area contributed by atoms with Crippen LogP contribution >= 0.6 is 23.2 Å². The number of pyridine rings is 1. The Morgan fingerprint density at radius 1 is 1.10 bits per heavy atom. The van der Waals surface area contributed by atoms with Gasteiger partial charge in [0.15, 0.2) is 5.75 Å². The van der Waals surface area contributed by atoms with Crippen molar-refractivity contribution in [3.05, 3.63) is 62.6 Å². The van der Waals surface area contributed by atoms with Crippen molar-refractivity contribution in [1.82, 2.24) is 4.98 Å². The number of carboxylic acids is 1. The molecule has 1 heterocycles. The van der Waals surface area contributed by atoms with E-state index in [4.69, 9.17) is 43.6 Å². The first-order valence-electron chi connectivity index (χ1n) is 8.39. The molecule has 0 bridgehead atoms. The van der Waals surface area contributed by atoms with E-state index in [1.807, 2.05) is 0 Å². The van der Waals surface area contributed by atoms with Gasteiger partial charge >= 0.3 is 12.1 Å². The Labute approximate surface area is 182 Å². The minimum atomic E-state index is -5.08. The van der Waals surface area contributed by atoms with Gasteiger partial charge in [-0.3, -0.25) is 4.79 Å². The summed E-state index contributed by atoms with van der Waals surface area (Å²) in [5, 5.41) is 8.56. The molecule has 31 heavy (non-hydrogen) atoms. The molecule has 0 saturated heterocycles. The molecule has 0 atom stereocenters. The lowest BCUT2D eigenvalue weighted by Gasteiger charge is -2.14. The minimum absolute atomic E-state index is 0.200. The van der Waals surface area contributed by atoms with Gasteiger partial charge in [-0.1, -0.05) is 29.3 Å². The Kier molecular flexibility index (Phi) is 7.88. The summed E-state index contributed by atoms with van der Waals surface area (Å²) in [6.07, 6.45) is -5.08. The van der Waals surface area contributed by atoms with Gasteiger partial charge in [0.1, 0.15) is 12.4 Å². The number of hydrogen-bond donors (Lipinski definition) is 3. The van der Waals surface area contributed by atoms with Crippen molar-refractivity contribution in [3.8, 4) is 17.0 Å². The highest BCUT2D eigenvalue weighted by Crippen LogP contribution is 2.36. The smallest absolute Gasteiger partial charge is 0.489 e. The van der Waals surface area contributed by atoms with Crippen LogP contribution in [0.25, 0.3) is 22.0 Å². The number of H-pyrrole nitrogens is 1. The van der Waals surface area contributed by atoms with E-state index in [1.54, 1.807) is 18.2 Å². The molecule has 0 saturated carbocycles. The van der Waals surface area contributed by atoms with E-state index in [-0.39, 0.29) is 12.0 Å². The number of hydrogen-bond acceptors (Lipinski definition) is 4. The van der Waals surface area contributed by atoms with Gasteiger partial charge in [0.05, 0.1) is 21.1 Å². The van der Waals surface area contributed by atoms with Gasteiger partial charge < -0.3 is 20.6 Å². The molecule has 1 aromatic heterocycles. The molecule has 2 aromatic carbocycles. The maximum Gasteiger partial charge on any atom is 0.490 e. The molecule has 0 aliphatic heterocycles. The van der Waals surface area contributed by atoms with Crippen LogP contribution in [0.3, 0.4) is 0 Å². The number of alkyl halides is 3. The molecule has 3 rings (SSSR count). The summed E-state index contributed by atoms with van der Waals surface area (Å²) in [4.78, 5) is 24.0. The van der Waals surface area contributed by atoms with Crippen molar-refractivity contribution in [3.63, 3.8) is 0 Å². The Morgan fingerprint density at radius 2 is 1.74 bits per heavy atom. The van der Waals surface area contributed by atoms with Gasteiger partial charge in [-0.2, -0.15) is 13.2 Å². The number of ether oxygens (including phenoxy) is 1. The summed E-state index contributed by atoms with van der Waals surface area (Å²) >= 11 is 12.0. The number of aliphatic carboxylic acids is 1. The van der Waals surface area contributed by atoms with Gasteiger partial charge in [0.25, 0.3) is 5.56 Å². The molecule has 3 aromatic rings. The van der Waals surface area contributed by atoms with Crippen LogP contribution in [0.2, 0.25) is 10.0 Å². The first-order valence-corrected chi connectivity index (χ1v) is 9.15. The largest absolute Gasteiger partial charge is 0.490 e. The van der Waals surface area contributed by atoms with E-state index >= 15 is 0 Å². The molecule has 0 aliphatic carbocycles. The second-order valence-electron chi connectivity index (χ2n) is 5.92. The van der Waals surface area contributed by atoms with Crippen LogP contribution in [0, 0.1) is 5.82 Å². The van der Waals surface area contributed by atoms with Crippen molar-refractivity contribution in [1.29, 1.82) is 0 Å². The monoisotopic (exact) mass is 480 g/mol. The summed E-state index contributed by atoms with van der Waals surface area (Å²) in [6, 6.07) is 8.91. The number of rotatable bonds is 4. The average Bonchev–Trinajstić information content (AvgIpc) is 2.69. The van der Waals surface area contributed by atoms with E-state index in [2.05, 4.69) is 4.98 Å². The highest BCUT2D eigenvalue weighted by Gasteiger charge is 2.38. The third kappa shape index (κ3) is 6.09. The molecule has 0 aliphatic rings. The SMILES string of the molecule is NCCOc1c(-c2ccc(Cl)c(Cl)c2)[nH]c(=O)c2cc(F)ccc12.O=C(O)C(F)(F)F. The van der Waals surface area contributed by atoms with Gasteiger partial charge in [0.2, 0.25) is 0 Å². The number of fused-ring (bicyclic) bond motifs is 1. The zero-order chi connectivity index (χ0) is 23.3.